The fourth-order valence-corrected chi connectivity index (χ4v) is 7.37. The van der Waals surface area contributed by atoms with E-state index in [4.69, 9.17) is 0 Å². The summed E-state index contributed by atoms with van der Waals surface area (Å²) in [6, 6.07) is 29.4. The zero-order chi connectivity index (χ0) is 30.9. The highest BCUT2D eigenvalue weighted by molar-refractivity contribution is 5.95. The smallest absolute Gasteiger partial charge is 0.246 e. The summed E-state index contributed by atoms with van der Waals surface area (Å²) in [5.41, 5.74) is 3.49. The average molecular weight is 594 g/mol. The first-order valence-electron chi connectivity index (χ1n) is 16.5. The number of ketones is 1. The molecule has 5 atom stereocenters. The fraction of sp³-hybridized carbons (Fsp3) is 0.447. The molecule has 0 saturated carbocycles. The van der Waals surface area contributed by atoms with Crippen molar-refractivity contribution in [1.29, 1.82) is 0 Å². The van der Waals surface area contributed by atoms with Gasteiger partial charge in [-0.15, -0.1) is 0 Å². The Hall–Kier alpha value is -3.77. The molecule has 6 nitrogen and oxygen atoms in total. The first kappa shape index (κ1) is 31.6. The Bertz CT molecular complexity index is 1320. The fourth-order valence-electron chi connectivity index (χ4n) is 7.37. The van der Waals surface area contributed by atoms with Gasteiger partial charge in [0, 0.05) is 18.4 Å². The van der Waals surface area contributed by atoms with Crippen LogP contribution in [-0.2, 0) is 20.8 Å². The van der Waals surface area contributed by atoms with E-state index in [9.17, 15) is 14.4 Å². The number of amides is 2. The number of carbonyl (C=O) groups excluding carboxylic acids is 3. The molecule has 44 heavy (non-hydrogen) atoms. The van der Waals surface area contributed by atoms with Gasteiger partial charge in [-0.05, 0) is 81.0 Å². The van der Waals surface area contributed by atoms with Crippen molar-refractivity contribution in [1.82, 2.24) is 15.5 Å². The van der Waals surface area contributed by atoms with Crippen LogP contribution in [0, 0.1) is 5.92 Å². The Morgan fingerprint density at radius 3 is 2.02 bits per heavy atom. The number of nitrogens with one attached hydrogen (secondary N) is 2. The normalized spacial score (nSPS) is 22.3. The third kappa shape index (κ3) is 7.47. The molecule has 232 valence electrons. The molecule has 0 spiro atoms. The van der Waals surface area contributed by atoms with E-state index in [2.05, 4.69) is 59.2 Å². The molecule has 0 aromatic heterocycles. The van der Waals surface area contributed by atoms with Crippen molar-refractivity contribution in [3.05, 3.63) is 108 Å². The predicted octanol–water partition coefficient (Wildman–Crippen LogP) is 6.05. The van der Waals surface area contributed by atoms with E-state index >= 15 is 0 Å². The summed E-state index contributed by atoms with van der Waals surface area (Å²) in [5, 5.41) is 6.26. The average Bonchev–Trinajstić information content (AvgIpc) is 3.45. The quantitative estimate of drug-likeness (QED) is 0.253. The van der Waals surface area contributed by atoms with Gasteiger partial charge in [-0.2, -0.15) is 0 Å². The number of hydrogen-bond donors (Lipinski definition) is 2. The van der Waals surface area contributed by atoms with E-state index in [1.807, 2.05) is 54.3 Å². The Morgan fingerprint density at radius 1 is 0.841 bits per heavy atom. The second-order valence-electron chi connectivity index (χ2n) is 12.5. The summed E-state index contributed by atoms with van der Waals surface area (Å²) in [7, 11) is 1.78. The molecule has 0 aliphatic carbocycles. The van der Waals surface area contributed by atoms with Gasteiger partial charge < -0.3 is 15.5 Å². The molecule has 6 heteroatoms. The second-order valence-corrected chi connectivity index (χ2v) is 12.5. The molecule has 2 saturated heterocycles. The summed E-state index contributed by atoms with van der Waals surface area (Å²) in [6.45, 7) is 1.97. The third-order valence-corrected chi connectivity index (χ3v) is 9.80. The van der Waals surface area contributed by atoms with Crippen LogP contribution in [0.3, 0.4) is 0 Å². The number of fused-ring (bicyclic) bond motifs is 1. The summed E-state index contributed by atoms with van der Waals surface area (Å²) in [6.07, 6.45) is 6.94. The van der Waals surface area contributed by atoms with E-state index < -0.39 is 12.1 Å². The number of likely N-dealkylation sites (N-methyl/N-ethyl adjacent to an activating group) is 1. The number of nitrogens with zero attached hydrogens (tertiary/aromatic N) is 1. The van der Waals surface area contributed by atoms with Crippen molar-refractivity contribution >= 4 is 17.6 Å². The second kappa shape index (κ2) is 15.3. The largest absolute Gasteiger partial charge is 0.343 e. The highest BCUT2D eigenvalue weighted by Crippen LogP contribution is 2.38. The zero-order valence-corrected chi connectivity index (χ0v) is 26.2. The van der Waals surface area contributed by atoms with Crippen LogP contribution >= 0.6 is 0 Å². The molecule has 2 heterocycles. The van der Waals surface area contributed by atoms with Gasteiger partial charge in [-0.3, -0.25) is 14.4 Å². The van der Waals surface area contributed by atoms with Crippen LogP contribution in [0.15, 0.2) is 91.0 Å². The van der Waals surface area contributed by atoms with Gasteiger partial charge in [0.1, 0.15) is 6.04 Å². The molecule has 2 amide bonds. The maximum atomic E-state index is 14.5. The standard InChI is InChI=1S/C38H47N3O3/c1-3-33(39-2)37(43)40-36-30(21-13-16-27-14-7-4-8-15-27)22-23-31-24-25-34(41(31)38(36)44)35(42)26-32(28-17-9-5-10-18-28)29-19-11-6-12-20-29/h4-12,14-15,17-20,30-34,36,39H,3,13,16,21-26H2,1-2H3,(H,40,43)/t30-,31-,33-,34-,36-/m0/s1. The lowest BCUT2D eigenvalue weighted by molar-refractivity contribution is -0.143. The van der Waals surface area contributed by atoms with Crippen LogP contribution in [0.25, 0.3) is 0 Å². The topological polar surface area (TPSA) is 78.5 Å². The van der Waals surface area contributed by atoms with Crippen molar-refractivity contribution in [3.63, 3.8) is 0 Å². The lowest BCUT2D eigenvalue weighted by Crippen LogP contribution is -2.57. The van der Waals surface area contributed by atoms with E-state index in [0.29, 0.717) is 19.3 Å². The van der Waals surface area contributed by atoms with Gasteiger partial charge in [-0.1, -0.05) is 97.9 Å². The maximum Gasteiger partial charge on any atom is 0.246 e. The molecule has 2 aliphatic heterocycles. The van der Waals surface area contributed by atoms with Crippen molar-refractivity contribution < 1.29 is 14.4 Å². The molecule has 0 radical (unpaired) electrons. The van der Waals surface area contributed by atoms with E-state index in [1.54, 1.807) is 7.05 Å². The van der Waals surface area contributed by atoms with Gasteiger partial charge in [0.25, 0.3) is 0 Å². The monoisotopic (exact) mass is 593 g/mol. The van der Waals surface area contributed by atoms with Crippen molar-refractivity contribution in [2.45, 2.75) is 94.8 Å². The van der Waals surface area contributed by atoms with Gasteiger partial charge in [0.2, 0.25) is 11.8 Å². The van der Waals surface area contributed by atoms with Gasteiger partial charge in [0.05, 0.1) is 12.1 Å². The Kier molecular flexibility index (Phi) is 11.0. The molecule has 2 N–H and O–H groups in total. The Labute approximate surface area is 262 Å². The Balaban J connectivity index is 1.37. The van der Waals surface area contributed by atoms with Crippen LogP contribution in [0.2, 0.25) is 0 Å². The molecular weight excluding hydrogens is 546 g/mol. The van der Waals surface area contributed by atoms with Crippen LogP contribution in [0.5, 0.6) is 0 Å². The summed E-state index contributed by atoms with van der Waals surface area (Å²) >= 11 is 0. The summed E-state index contributed by atoms with van der Waals surface area (Å²) in [4.78, 5) is 43.9. The van der Waals surface area contributed by atoms with Gasteiger partial charge in [0.15, 0.2) is 5.78 Å². The maximum absolute atomic E-state index is 14.5. The lowest BCUT2D eigenvalue weighted by atomic mass is 9.85. The summed E-state index contributed by atoms with van der Waals surface area (Å²) < 4.78 is 0. The molecular formula is C38H47N3O3. The predicted molar refractivity (Wildman–Crippen MR) is 175 cm³/mol. The zero-order valence-electron chi connectivity index (χ0n) is 26.2. The molecule has 2 aliphatic rings. The van der Waals surface area contributed by atoms with Crippen LogP contribution < -0.4 is 10.6 Å². The molecule has 3 aromatic rings. The number of aryl methyl sites for hydroxylation is 1. The Morgan fingerprint density at radius 2 is 1.43 bits per heavy atom. The third-order valence-electron chi connectivity index (χ3n) is 9.80. The SMILES string of the molecule is CC[C@H](NC)C(=O)N[C@@H]1C(=O)N2[C@@H](CC[C@@H]1CCCc1ccccc1)CC[C@H]2C(=O)CC(c1ccccc1)c1ccccc1. The molecule has 0 unspecified atom stereocenters. The number of rotatable bonds is 13. The minimum atomic E-state index is -0.627. The number of carbonyl (C=O) groups is 3. The van der Waals surface area contributed by atoms with Crippen molar-refractivity contribution in [3.8, 4) is 0 Å². The molecule has 5 rings (SSSR count). The van der Waals surface area contributed by atoms with E-state index in [-0.39, 0.29) is 41.5 Å². The molecule has 2 fully saturated rings. The number of benzene rings is 3. The van der Waals surface area contributed by atoms with Crippen LogP contribution in [0.1, 0.15) is 80.9 Å². The van der Waals surface area contributed by atoms with Gasteiger partial charge in [-0.25, -0.2) is 0 Å². The molecule has 0 bridgehead atoms. The molecule has 3 aromatic carbocycles. The number of Topliss-reactive ketones (excluding diaryl/α,β-unsaturated/α-hetero) is 1. The first-order chi connectivity index (χ1) is 21.5. The number of hydrogen-bond acceptors (Lipinski definition) is 4. The van der Waals surface area contributed by atoms with Crippen LogP contribution in [0.4, 0.5) is 0 Å². The van der Waals surface area contributed by atoms with Gasteiger partial charge >= 0.3 is 0 Å². The highest BCUT2D eigenvalue weighted by Gasteiger charge is 2.47. The van der Waals surface area contributed by atoms with E-state index in [1.165, 1.54) is 5.56 Å². The van der Waals surface area contributed by atoms with E-state index in [0.717, 1.165) is 49.7 Å². The van der Waals surface area contributed by atoms with Crippen molar-refractivity contribution in [2.75, 3.05) is 7.05 Å². The highest BCUT2D eigenvalue weighted by atomic mass is 16.2. The lowest BCUT2D eigenvalue weighted by Gasteiger charge is -2.33. The minimum Gasteiger partial charge on any atom is -0.343 e. The first-order valence-corrected chi connectivity index (χ1v) is 16.5. The minimum absolute atomic E-state index is 0.0345. The summed E-state index contributed by atoms with van der Waals surface area (Å²) in [5.74, 6) is -0.160. The van der Waals surface area contributed by atoms with Crippen LogP contribution in [-0.4, -0.2) is 53.7 Å². The van der Waals surface area contributed by atoms with Crippen molar-refractivity contribution in [2.24, 2.45) is 5.92 Å².